The fraction of sp³-hybridized carbons (Fsp3) is 0.312. The highest BCUT2D eigenvalue weighted by Crippen LogP contribution is 2.25. The third-order valence-corrected chi connectivity index (χ3v) is 5.80. The lowest BCUT2D eigenvalue weighted by molar-refractivity contribution is 0.203. The Morgan fingerprint density at radius 3 is 2.86 bits per heavy atom. The largest absolute Gasteiger partial charge is 0.320 e. The molecule has 2 aromatic heterocycles. The number of thiophene rings is 1. The van der Waals surface area contributed by atoms with Gasteiger partial charge in [0.1, 0.15) is 0 Å². The Morgan fingerprint density at radius 1 is 1.19 bits per heavy atom. The minimum Gasteiger partial charge on any atom is -0.320 e. The SMILES string of the molecule is Cn1c(=S)n(CN2CCc3sccc3C2)c2ccccc21. The first-order valence-corrected chi connectivity index (χ1v) is 8.44. The maximum absolute atomic E-state index is 5.63. The van der Waals surface area contributed by atoms with E-state index in [2.05, 4.69) is 49.7 Å². The molecule has 1 aromatic carbocycles. The first-order valence-electron chi connectivity index (χ1n) is 7.16. The summed E-state index contributed by atoms with van der Waals surface area (Å²) >= 11 is 7.51. The van der Waals surface area contributed by atoms with E-state index in [0.717, 1.165) is 31.0 Å². The third-order valence-electron chi connectivity index (χ3n) is 4.28. The molecule has 0 N–H and O–H groups in total. The van der Waals surface area contributed by atoms with Crippen molar-refractivity contribution in [3.8, 4) is 0 Å². The van der Waals surface area contributed by atoms with Crippen molar-refractivity contribution in [1.29, 1.82) is 0 Å². The van der Waals surface area contributed by atoms with Gasteiger partial charge in [-0.2, -0.15) is 0 Å². The summed E-state index contributed by atoms with van der Waals surface area (Å²) in [5.74, 6) is 0. The summed E-state index contributed by atoms with van der Waals surface area (Å²) in [5, 5.41) is 2.21. The number of aryl methyl sites for hydroxylation is 1. The molecule has 0 bridgehead atoms. The van der Waals surface area contributed by atoms with Gasteiger partial charge in [-0.3, -0.25) is 4.90 Å². The van der Waals surface area contributed by atoms with Crippen molar-refractivity contribution in [3.63, 3.8) is 0 Å². The minimum absolute atomic E-state index is 0.871. The number of aromatic nitrogens is 2. The van der Waals surface area contributed by atoms with Crippen LogP contribution in [0.1, 0.15) is 10.4 Å². The Kier molecular flexibility index (Phi) is 3.21. The molecule has 0 radical (unpaired) electrons. The summed E-state index contributed by atoms with van der Waals surface area (Å²) in [7, 11) is 2.05. The maximum atomic E-state index is 5.63. The Morgan fingerprint density at radius 2 is 2.00 bits per heavy atom. The standard InChI is InChI=1S/C16H17N3S2/c1-17-13-4-2-3-5-14(13)19(16(17)20)11-18-8-6-15-12(10-18)7-9-21-15/h2-5,7,9H,6,8,10-11H2,1H3. The van der Waals surface area contributed by atoms with Crippen molar-refractivity contribution in [3.05, 3.63) is 50.9 Å². The number of imidazole rings is 1. The van der Waals surface area contributed by atoms with Crippen molar-refractivity contribution < 1.29 is 0 Å². The van der Waals surface area contributed by atoms with Gasteiger partial charge in [-0.15, -0.1) is 11.3 Å². The maximum Gasteiger partial charge on any atom is 0.181 e. The molecule has 1 aliphatic heterocycles. The van der Waals surface area contributed by atoms with Gasteiger partial charge in [-0.1, -0.05) is 12.1 Å². The van der Waals surface area contributed by atoms with E-state index >= 15 is 0 Å². The van der Waals surface area contributed by atoms with Crippen LogP contribution >= 0.6 is 23.6 Å². The van der Waals surface area contributed by atoms with Crippen LogP contribution in [0.25, 0.3) is 11.0 Å². The predicted molar refractivity (Wildman–Crippen MR) is 90.2 cm³/mol. The van der Waals surface area contributed by atoms with Gasteiger partial charge >= 0.3 is 0 Å². The number of fused-ring (bicyclic) bond motifs is 2. The van der Waals surface area contributed by atoms with Crippen LogP contribution in [-0.2, 0) is 26.7 Å². The fourth-order valence-electron chi connectivity index (χ4n) is 3.13. The molecule has 3 heterocycles. The van der Waals surface area contributed by atoms with Crippen molar-refractivity contribution in [1.82, 2.24) is 14.0 Å². The quantitative estimate of drug-likeness (QED) is 0.668. The highest BCUT2D eigenvalue weighted by atomic mass is 32.1. The zero-order valence-corrected chi connectivity index (χ0v) is 13.6. The Bertz CT molecular complexity index is 856. The van der Waals surface area contributed by atoms with Crippen molar-refractivity contribution in [2.75, 3.05) is 6.54 Å². The lowest BCUT2D eigenvalue weighted by Crippen LogP contribution is -2.31. The van der Waals surface area contributed by atoms with Crippen LogP contribution in [0.5, 0.6) is 0 Å². The Hall–Kier alpha value is -1.43. The zero-order valence-electron chi connectivity index (χ0n) is 12.0. The third kappa shape index (κ3) is 2.16. The number of hydrogen-bond acceptors (Lipinski definition) is 3. The molecule has 0 atom stereocenters. The van der Waals surface area contributed by atoms with E-state index in [4.69, 9.17) is 12.2 Å². The summed E-state index contributed by atoms with van der Waals surface area (Å²) in [6, 6.07) is 10.7. The van der Waals surface area contributed by atoms with E-state index in [-0.39, 0.29) is 0 Å². The number of nitrogens with zero attached hydrogens (tertiary/aromatic N) is 3. The van der Waals surface area contributed by atoms with Crippen molar-refractivity contribution >= 4 is 34.6 Å². The molecular weight excluding hydrogens is 298 g/mol. The number of para-hydroxylation sites is 2. The van der Waals surface area contributed by atoms with Gasteiger partial charge in [0.2, 0.25) is 0 Å². The van der Waals surface area contributed by atoms with Crippen LogP contribution in [0.3, 0.4) is 0 Å². The Balaban J connectivity index is 1.70. The molecule has 0 saturated heterocycles. The average molecular weight is 315 g/mol. The molecule has 3 aromatic rings. The van der Waals surface area contributed by atoms with Gasteiger partial charge < -0.3 is 9.13 Å². The number of hydrogen-bond donors (Lipinski definition) is 0. The fourth-order valence-corrected chi connectivity index (χ4v) is 4.27. The van der Waals surface area contributed by atoms with Gasteiger partial charge in [0, 0.05) is 25.0 Å². The topological polar surface area (TPSA) is 13.1 Å². The Labute approximate surface area is 133 Å². The van der Waals surface area contributed by atoms with Crippen molar-refractivity contribution in [2.24, 2.45) is 7.05 Å². The summed E-state index contributed by atoms with van der Waals surface area (Å²) in [6.07, 6.45) is 1.16. The van der Waals surface area contributed by atoms with Gasteiger partial charge in [0.25, 0.3) is 0 Å². The second kappa shape index (κ2) is 5.09. The minimum atomic E-state index is 0.871. The molecule has 0 fully saturated rings. The normalized spacial score (nSPS) is 15.5. The van der Waals surface area contributed by atoms with Crippen LogP contribution in [0.2, 0.25) is 0 Å². The van der Waals surface area contributed by atoms with Gasteiger partial charge in [-0.05, 0) is 47.8 Å². The first-order chi connectivity index (χ1) is 10.2. The van der Waals surface area contributed by atoms with Crippen molar-refractivity contribution in [2.45, 2.75) is 19.6 Å². The monoisotopic (exact) mass is 315 g/mol. The lowest BCUT2D eigenvalue weighted by atomic mass is 10.1. The molecule has 5 heteroatoms. The van der Waals surface area contributed by atoms with Gasteiger partial charge in [0.05, 0.1) is 17.7 Å². The molecule has 0 spiro atoms. The van der Waals surface area contributed by atoms with E-state index < -0.39 is 0 Å². The predicted octanol–water partition coefficient (Wildman–Crippen LogP) is 3.79. The second-order valence-corrected chi connectivity index (χ2v) is 6.94. The first kappa shape index (κ1) is 13.2. The highest BCUT2D eigenvalue weighted by molar-refractivity contribution is 7.71. The second-order valence-electron chi connectivity index (χ2n) is 5.57. The summed E-state index contributed by atoms with van der Waals surface area (Å²) < 4.78 is 5.25. The highest BCUT2D eigenvalue weighted by Gasteiger charge is 2.18. The van der Waals surface area contributed by atoms with Crippen LogP contribution in [0.4, 0.5) is 0 Å². The number of rotatable bonds is 2. The number of benzene rings is 1. The van der Waals surface area contributed by atoms with Gasteiger partial charge in [-0.25, -0.2) is 0 Å². The molecule has 4 rings (SSSR count). The van der Waals surface area contributed by atoms with E-state index in [0.29, 0.717) is 0 Å². The molecule has 21 heavy (non-hydrogen) atoms. The van der Waals surface area contributed by atoms with Crippen LogP contribution < -0.4 is 0 Å². The molecule has 3 nitrogen and oxygen atoms in total. The summed E-state index contributed by atoms with van der Waals surface area (Å²) in [6.45, 7) is 3.01. The van der Waals surface area contributed by atoms with Crippen LogP contribution in [-0.4, -0.2) is 20.6 Å². The van der Waals surface area contributed by atoms with E-state index in [1.807, 2.05) is 18.4 Å². The molecular formula is C16H17N3S2. The molecule has 108 valence electrons. The average Bonchev–Trinajstić information content (AvgIpc) is 3.06. The summed E-state index contributed by atoms with van der Waals surface area (Å²) in [5.41, 5.74) is 3.91. The lowest BCUT2D eigenvalue weighted by Gasteiger charge is -2.27. The molecule has 0 saturated carbocycles. The molecule has 0 amide bonds. The van der Waals surface area contributed by atoms with Gasteiger partial charge in [0.15, 0.2) is 4.77 Å². The van der Waals surface area contributed by atoms with E-state index in [9.17, 15) is 0 Å². The smallest absolute Gasteiger partial charge is 0.181 e. The molecule has 1 aliphatic rings. The van der Waals surface area contributed by atoms with E-state index in [1.165, 1.54) is 16.6 Å². The summed E-state index contributed by atoms with van der Waals surface area (Å²) in [4.78, 5) is 4.03. The zero-order chi connectivity index (χ0) is 14.4. The van der Waals surface area contributed by atoms with Crippen LogP contribution in [0, 0.1) is 4.77 Å². The molecule has 0 aliphatic carbocycles. The van der Waals surface area contributed by atoms with Crippen LogP contribution in [0.15, 0.2) is 35.7 Å². The van der Waals surface area contributed by atoms with E-state index in [1.54, 1.807) is 4.88 Å². The molecule has 0 unspecified atom stereocenters.